The van der Waals surface area contributed by atoms with E-state index in [-0.39, 0.29) is 11.9 Å². The Bertz CT molecular complexity index is 794. The maximum absolute atomic E-state index is 12.5. The Hall–Kier alpha value is -2.81. The van der Waals surface area contributed by atoms with Crippen molar-refractivity contribution < 1.29 is 4.79 Å². The average Bonchev–Trinajstić information content (AvgIpc) is 3.15. The van der Waals surface area contributed by atoms with Gasteiger partial charge in [-0.15, -0.1) is 0 Å². The fourth-order valence-corrected chi connectivity index (χ4v) is 3.07. The summed E-state index contributed by atoms with van der Waals surface area (Å²) in [5.74, 6) is 0.0798. The predicted molar refractivity (Wildman–Crippen MR) is 102 cm³/mol. The fraction of sp³-hybridized carbons (Fsp3) is 0.227. The van der Waals surface area contributed by atoms with Gasteiger partial charge in [-0.3, -0.25) is 4.79 Å². The molecular formula is C22H24N2O. The van der Waals surface area contributed by atoms with E-state index >= 15 is 0 Å². The first-order valence-corrected chi connectivity index (χ1v) is 8.72. The number of nitrogens with zero attached hydrogens (tertiary/aromatic N) is 1. The molecule has 3 nitrogen and oxygen atoms in total. The molecule has 0 fully saturated rings. The zero-order chi connectivity index (χ0) is 17.5. The Morgan fingerprint density at radius 1 is 1.00 bits per heavy atom. The SMILES string of the molecule is Cc1cccc([C@@H](CC(=O)NCCc2ccccc2)n2cccc2)c1. The van der Waals surface area contributed by atoms with E-state index in [1.165, 1.54) is 11.1 Å². The van der Waals surface area contributed by atoms with Gasteiger partial charge in [0.15, 0.2) is 0 Å². The molecular weight excluding hydrogens is 308 g/mol. The number of aromatic nitrogens is 1. The van der Waals surface area contributed by atoms with Crippen LogP contribution in [0.25, 0.3) is 0 Å². The molecule has 0 spiro atoms. The van der Waals surface area contributed by atoms with Crippen LogP contribution >= 0.6 is 0 Å². The zero-order valence-corrected chi connectivity index (χ0v) is 14.6. The molecule has 3 aromatic rings. The van der Waals surface area contributed by atoms with E-state index in [1.807, 2.05) is 42.7 Å². The van der Waals surface area contributed by atoms with E-state index in [4.69, 9.17) is 0 Å². The van der Waals surface area contributed by atoms with Crippen LogP contribution in [0.15, 0.2) is 79.1 Å². The quantitative estimate of drug-likeness (QED) is 0.693. The third kappa shape index (κ3) is 4.83. The summed E-state index contributed by atoms with van der Waals surface area (Å²) < 4.78 is 2.10. The summed E-state index contributed by atoms with van der Waals surface area (Å²) in [7, 11) is 0. The van der Waals surface area contributed by atoms with E-state index in [0.29, 0.717) is 13.0 Å². The van der Waals surface area contributed by atoms with E-state index in [0.717, 1.165) is 12.0 Å². The van der Waals surface area contributed by atoms with Crippen molar-refractivity contribution in [3.8, 4) is 0 Å². The first-order chi connectivity index (χ1) is 12.2. The minimum absolute atomic E-state index is 0.0200. The van der Waals surface area contributed by atoms with Crippen LogP contribution in [0.1, 0.15) is 29.2 Å². The predicted octanol–water partition coefficient (Wildman–Crippen LogP) is 4.13. The lowest BCUT2D eigenvalue weighted by molar-refractivity contribution is -0.121. The zero-order valence-electron chi connectivity index (χ0n) is 14.6. The van der Waals surface area contributed by atoms with Crippen molar-refractivity contribution in [2.45, 2.75) is 25.8 Å². The van der Waals surface area contributed by atoms with E-state index < -0.39 is 0 Å². The summed E-state index contributed by atoms with van der Waals surface area (Å²) in [6.07, 6.45) is 5.33. The highest BCUT2D eigenvalue weighted by molar-refractivity contribution is 5.76. The van der Waals surface area contributed by atoms with Gasteiger partial charge in [-0.1, -0.05) is 60.2 Å². The molecule has 1 N–H and O–H groups in total. The topological polar surface area (TPSA) is 34.0 Å². The summed E-state index contributed by atoms with van der Waals surface area (Å²) in [6.45, 7) is 2.74. The molecule has 3 heteroatoms. The van der Waals surface area contributed by atoms with Crippen molar-refractivity contribution in [1.82, 2.24) is 9.88 Å². The summed E-state index contributed by atoms with van der Waals surface area (Å²) in [4.78, 5) is 12.5. The molecule has 25 heavy (non-hydrogen) atoms. The van der Waals surface area contributed by atoms with Crippen LogP contribution < -0.4 is 5.32 Å². The van der Waals surface area contributed by atoms with Gasteiger partial charge >= 0.3 is 0 Å². The van der Waals surface area contributed by atoms with Crippen LogP contribution in [-0.4, -0.2) is 17.0 Å². The van der Waals surface area contributed by atoms with Crippen molar-refractivity contribution in [1.29, 1.82) is 0 Å². The first-order valence-electron chi connectivity index (χ1n) is 8.72. The molecule has 1 aromatic heterocycles. The lowest BCUT2D eigenvalue weighted by Gasteiger charge is -2.20. The highest BCUT2D eigenvalue weighted by Crippen LogP contribution is 2.23. The first kappa shape index (κ1) is 17.0. The van der Waals surface area contributed by atoms with Gasteiger partial charge in [0, 0.05) is 18.9 Å². The molecule has 2 aromatic carbocycles. The number of carbonyl (C=O) groups excluding carboxylic acids is 1. The smallest absolute Gasteiger partial charge is 0.222 e. The second-order valence-corrected chi connectivity index (χ2v) is 6.35. The Morgan fingerprint density at radius 3 is 2.48 bits per heavy atom. The number of rotatable bonds is 7. The highest BCUT2D eigenvalue weighted by atomic mass is 16.1. The Labute approximate surface area is 149 Å². The van der Waals surface area contributed by atoms with Crippen LogP contribution in [0.5, 0.6) is 0 Å². The van der Waals surface area contributed by atoms with Crippen molar-refractivity contribution in [2.24, 2.45) is 0 Å². The second-order valence-electron chi connectivity index (χ2n) is 6.35. The van der Waals surface area contributed by atoms with Gasteiger partial charge in [0.05, 0.1) is 12.5 Å². The second kappa shape index (κ2) is 8.34. The number of carbonyl (C=O) groups is 1. The molecule has 1 atom stereocenters. The van der Waals surface area contributed by atoms with Crippen molar-refractivity contribution >= 4 is 5.91 Å². The van der Waals surface area contributed by atoms with Crippen molar-refractivity contribution in [2.75, 3.05) is 6.54 Å². The van der Waals surface area contributed by atoms with Crippen LogP contribution in [-0.2, 0) is 11.2 Å². The third-order valence-electron chi connectivity index (χ3n) is 4.37. The van der Waals surface area contributed by atoms with Gasteiger partial charge < -0.3 is 9.88 Å². The minimum Gasteiger partial charge on any atom is -0.356 e. The molecule has 128 valence electrons. The highest BCUT2D eigenvalue weighted by Gasteiger charge is 2.17. The number of amides is 1. The van der Waals surface area contributed by atoms with Gasteiger partial charge in [0.1, 0.15) is 0 Å². The van der Waals surface area contributed by atoms with Gasteiger partial charge in [-0.2, -0.15) is 0 Å². The fourth-order valence-electron chi connectivity index (χ4n) is 3.07. The molecule has 3 rings (SSSR count). The summed E-state index contributed by atoms with van der Waals surface area (Å²) in [5, 5.41) is 3.06. The molecule has 0 unspecified atom stereocenters. The van der Waals surface area contributed by atoms with Crippen molar-refractivity contribution in [3.05, 3.63) is 95.8 Å². The summed E-state index contributed by atoms with van der Waals surface area (Å²) >= 11 is 0. The van der Waals surface area contributed by atoms with Crippen LogP contribution in [0.4, 0.5) is 0 Å². The Balaban J connectivity index is 1.63. The van der Waals surface area contributed by atoms with Crippen LogP contribution in [0, 0.1) is 6.92 Å². The number of nitrogens with one attached hydrogen (secondary N) is 1. The van der Waals surface area contributed by atoms with Gasteiger partial charge in [0.2, 0.25) is 5.91 Å². The van der Waals surface area contributed by atoms with Crippen molar-refractivity contribution in [3.63, 3.8) is 0 Å². The number of hydrogen-bond donors (Lipinski definition) is 1. The molecule has 1 amide bonds. The van der Waals surface area contributed by atoms with Gasteiger partial charge in [0.25, 0.3) is 0 Å². The van der Waals surface area contributed by atoms with Crippen LogP contribution in [0.2, 0.25) is 0 Å². The largest absolute Gasteiger partial charge is 0.356 e. The molecule has 0 aliphatic carbocycles. The standard InChI is InChI=1S/C22H24N2O/c1-18-8-7-11-20(16-18)21(24-14-5-6-15-24)17-22(25)23-13-12-19-9-3-2-4-10-19/h2-11,14-16,21H,12-13,17H2,1H3,(H,23,25)/t21-/m1/s1. The van der Waals surface area contributed by atoms with E-state index in [1.54, 1.807) is 0 Å². The maximum atomic E-state index is 12.5. The van der Waals surface area contributed by atoms with Crippen LogP contribution in [0.3, 0.4) is 0 Å². The van der Waals surface area contributed by atoms with Gasteiger partial charge in [-0.05, 0) is 36.6 Å². The maximum Gasteiger partial charge on any atom is 0.222 e. The monoisotopic (exact) mass is 332 g/mol. The third-order valence-corrected chi connectivity index (χ3v) is 4.37. The summed E-state index contributed by atoms with van der Waals surface area (Å²) in [5.41, 5.74) is 3.61. The molecule has 0 saturated carbocycles. The molecule has 0 radical (unpaired) electrons. The van der Waals surface area contributed by atoms with Gasteiger partial charge in [-0.25, -0.2) is 0 Å². The Morgan fingerprint density at radius 2 is 1.76 bits per heavy atom. The number of aryl methyl sites for hydroxylation is 1. The molecule has 0 saturated heterocycles. The Kier molecular flexibility index (Phi) is 5.68. The van der Waals surface area contributed by atoms with E-state index in [2.05, 4.69) is 53.2 Å². The number of hydrogen-bond acceptors (Lipinski definition) is 1. The average molecular weight is 332 g/mol. The lowest BCUT2D eigenvalue weighted by Crippen LogP contribution is -2.28. The molecule has 1 heterocycles. The lowest BCUT2D eigenvalue weighted by atomic mass is 10.0. The minimum atomic E-state index is 0.0200. The normalized spacial score (nSPS) is 11.9. The number of benzene rings is 2. The summed E-state index contributed by atoms with van der Waals surface area (Å²) in [6, 6.07) is 22.6. The molecule has 0 bridgehead atoms. The molecule has 0 aliphatic heterocycles. The van der Waals surface area contributed by atoms with E-state index in [9.17, 15) is 4.79 Å². The molecule has 0 aliphatic rings.